The SMILES string of the molecule is O=C1CCCCCCCCCCCCCCO1.O=C1CCCCCCCCCCCCCCO1. The summed E-state index contributed by atoms with van der Waals surface area (Å²) in [4.78, 5) is 22.7. The molecule has 2 fully saturated rings. The van der Waals surface area contributed by atoms with E-state index in [4.69, 9.17) is 9.47 Å². The second kappa shape index (κ2) is 25.0. The quantitative estimate of drug-likeness (QED) is 0.324. The van der Waals surface area contributed by atoms with Crippen molar-refractivity contribution in [3.63, 3.8) is 0 Å². The van der Waals surface area contributed by atoms with Crippen molar-refractivity contribution in [2.45, 2.75) is 167 Å². The van der Waals surface area contributed by atoms with Gasteiger partial charge in [0.1, 0.15) is 0 Å². The van der Waals surface area contributed by atoms with Crippen molar-refractivity contribution in [2.75, 3.05) is 13.2 Å². The first kappa shape index (κ1) is 31.0. The highest BCUT2D eigenvalue weighted by Crippen LogP contribution is 2.15. The molecule has 0 spiro atoms. The van der Waals surface area contributed by atoms with Gasteiger partial charge in [-0.2, -0.15) is 0 Å². The zero-order valence-electron chi connectivity index (χ0n) is 22.4. The molecular formula is C30H56O4. The van der Waals surface area contributed by atoms with Crippen LogP contribution in [0.3, 0.4) is 0 Å². The lowest BCUT2D eigenvalue weighted by molar-refractivity contribution is -0.144. The van der Waals surface area contributed by atoms with Crippen LogP contribution in [0, 0.1) is 0 Å². The van der Waals surface area contributed by atoms with Gasteiger partial charge in [0.15, 0.2) is 0 Å². The summed E-state index contributed by atoms with van der Waals surface area (Å²) in [6.45, 7) is 1.28. The minimum atomic E-state index is 0.0112. The van der Waals surface area contributed by atoms with Crippen LogP contribution < -0.4 is 0 Å². The Morgan fingerprint density at radius 2 is 0.500 bits per heavy atom. The van der Waals surface area contributed by atoms with Gasteiger partial charge in [-0.1, -0.05) is 128 Å². The predicted octanol–water partition coefficient (Wildman–Crippen LogP) is 9.23. The molecule has 2 aliphatic rings. The van der Waals surface area contributed by atoms with Crippen LogP contribution in [0.2, 0.25) is 0 Å². The number of carbonyl (C=O) groups excluding carboxylic acids is 2. The van der Waals surface area contributed by atoms with E-state index >= 15 is 0 Å². The largest absolute Gasteiger partial charge is 0.466 e. The Kier molecular flexibility index (Phi) is 22.8. The molecule has 0 unspecified atom stereocenters. The normalized spacial score (nSPS) is 22.9. The lowest BCUT2D eigenvalue weighted by atomic mass is 10.0. The van der Waals surface area contributed by atoms with Crippen molar-refractivity contribution >= 4 is 11.9 Å². The fraction of sp³-hybridized carbons (Fsp3) is 0.933. The third kappa shape index (κ3) is 22.7. The molecule has 0 N–H and O–H groups in total. The van der Waals surface area contributed by atoms with Gasteiger partial charge in [-0.25, -0.2) is 0 Å². The molecule has 0 radical (unpaired) electrons. The number of carbonyl (C=O) groups is 2. The van der Waals surface area contributed by atoms with Gasteiger partial charge in [-0.3, -0.25) is 9.59 Å². The summed E-state index contributed by atoms with van der Waals surface area (Å²) in [6.07, 6.45) is 31.9. The summed E-state index contributed by atoms with van der Waals surface area (Å²) >= 11 is 0. The fourth-order valence-corrected chi connectivity index (χ4v) is 4.79. The summed E-state index contributed by atoms with van der Waals surface area (Å²) in [5.74, 6) is 0.0224. The van der Waals surface area contributed by atoms with Gasteiger partial charge in [0.25, 0.3) is 0 Å². The Balaban J connectivity index is 0.000000340. The zero-order chi connectivity index (χ0) is 24.4. The van der Waals surface area contributed by atoms with E-state index in [-0.39, 0.29) is 11.9 Å². The number of hydrogen-bond acceptors (Lipinski definition) is 4. The van der Waals surface area contributed by atoms with Gasteiger partial charge in [-0.05, 0) is 25.7 Å². The highest BCUT2D eigenvalue weighted by molar-refractivity contribution is 5.69. The highest BCUT2D eigenvalue weighted by Gasteiger charge is 2.04. The maximum absolute atomic E-state index is 11.4. The van der Waals surface area contributed by atoms with Crippen LogP contribution >= 0.6 is 0 Å². The maximum atomic E-state index is 11.4. The molecule has 0 saturated carbocycles. The molecular weight excluding hydrogens is 424 g/mol. The lowest BCUT2D eigenvalue weighted by Gasteiger charge is -2.06. The van der Waals surface area contributed by atoms with Crippen LogP contribution in [-0.2, 0) is 19.1 Å². The third-order valence-corrected chi connectivity index (χ3v) is 7.08. The van der Waals surface area contributed by atoms with Gasteiger partial charge in [0, 0.05) is 12.8 Å². The number of hydrogen-bond donors (Lipinski definition) is 0. The van der Waals surface area contributed by atoms with Gasteiger partial charge < -0.3 is 9.47 Å². The standard InChI is InChI=1S/2C15H28O2/c2*16-15-13-11-9-7-5-3-1-2-4-6-8-10-12-14-17-15/h2*1-14H2. The minimum Gasteiger partial charge on any atom is -0.466 e. The Morgan fingerprint density at radius 1 is 0.294 bits per heavy atom. The van der Waals surface area contributed by atoms with Crippen LogP contribution in [0.15, 0.2) is 0 Å². The van der Waals surface area contributed by atoms with E-state index in [0.717, 1.165) is 25.7 Å². The lowest BCUT2D eigenvalue weighted by Crippen LogP contribution is -2.05. The molecule has 0 bridgehead atoms. The summed E-state index contributed by atoms with van der Waals surface area (Å²) in [5, 5.41) is 0. The van der Waals surface area contributed by atoms with Gasteiger partial charge in [0.05, 0.1) is 13.2 Å². The minimum absolute atomic E-state index is 0.0112. The van der Waals surface area contributed by atoms with E-state index < -0.39 is 0 Å². The van der Waals surface area contributed by atoms with E-state index in [2.05, 4.69) is 0 Å². The Bertz CT molecular complexity index is 385. The Hall–Kier alpha value is -1.06. The third-order valence-electron chi connectivity index (χ3n) is 7.08. The second-order valence-corrected chi connectivity index (χ2v) is 10.4. The van der Waals surface area contributed by atoms with Crippen molar-refractivity contribution in [3.05, 3.63) is 0 Å². The molecule has 0 aliphatic carbocycles. The van der Waals surface area contributed by atoms with E-state index in [1.807, 2.05) is 0 Å². The topological polar surface area (TPSA) is 52.6 Å². The zero-order valence-corrected chi connectivity index (χ0v) is 22.4. The summed E-state index contributed by atoms with van der Waals surface area (Å²) in [5.41, 5.74) is 0. The maximum Gasteiger partial charge on any atom is 0.305 e. The van der Waals surface area contributed by atoms with Crippen molar-refractivity contribution in [1.82, 2.24) is 0 Å². The molecule has 4 nitrogen and oxygen atoms in total. The van der Waals surface area contributed by atoms with Crippen LogP contribution in [0.25, 0.3) is 0 Å². The number of esters is 2. The molecule has 0 atom stereocenters. The van der Waals surface area contributed by atoms with Crippen molar-refractivity contribution < 1.29 is 19.1 Å². The first-order valence-corrected chi connectivity index (χ1v) is 15.1. The Morgan fingerprint density at radius 3 is 0.765 bits per heavy atom. The van der Waals surface area contributed by atoms with Crippen LogP contribution in [0.4, 0.5) is 0 Å². The number of cyclic esters (lactones) is 2. The molecule has 0 aromatic rings. The molecule has 200 valence electrons. The number of ether oxygens (including phenoxy) is 2. The molecule has 4 heteroatoms. The van der Waals surface area contributed by atoms with E-state index in [1.54, 1.807) is 0 Å². The molecule has 2 heterocycles. The van der Waals surface area contributed by atoms with Crippen LogP contribution in [0.1, 0.15) is 167 Å². The summed E-state index contributed by atoms with van der Waals surface area (Å²) in [6, 6.07) is 0. The van der Waals surface area contributed by atoms with Gasteiger partial charge >= 0.3 is 11.9 Å². The molecule has 0 aromatic heterocycles. The average molecular weight is 481 g/mol. The molecule has 34 heavy (non-hydrogen) atoms. The first-order valence-electron chi connectivity index (χ1n) is 15.1. The Labute approximate surface area is 211 Å². The van der Waals surface area contributed by atoms with Gasteiger partial charge in [-0.15, -0.1) is 0 Å². The fourth-order valence-electron chi connectivity index (χ4n) is 4.79. The van der Waals surface area contributed by atoms with Crippen LogP contribution in [-0.4, -0.2) is 25.2 Å². The van der Waals surface area contributed by atoms with E-state index in [1.165, 1.54) is 128 Å². The van der Waals surface area contributed by atoms with Crippen LogP contribution in [0.5, 0.6) is 0 Å². The first-order chi connectivity index (χ1) is 16.8. The van der Waals surface area contributed by atoms with Crippen molar-refractivity contribution in [2.24, 2.45) is 0 Å². The van der Waals surface area contributed by atoms with Crippen molar-refractivity contribution in [1.29, 1.82) is 0 Å². The van der Waals surface area contributed by atoms with Crippen molar-refractivity contribution in [3.8, 4) is 0 Å². The highest BCUT2D eigenvalue weighted by atomic mass is 16.5. The molecule has 2 saturated heterocycles. The molecule has 2 rings (SSSR count). The van der Waals surface area contributed by atoms with E-state index in [0.29, 0.717) is 26.1 Å². The molecule has 0 aromatic carbocycles. The van der Waals surface area contributed by atoms with E-state index in [9.17, 15) is 9.59 Å². The average Bonchev–Trinajstić information content (AvgIpc) is 2.83. The summed E-state index contributed by atoms with van der Waals surface area (Å²) < 4.78 is 10.4. The predicted molar refractivity (Wildman–Crippen MR) is 142 cm³/mol. The molecule has 2 aliphatic heterocycles. The monoisotopic (exact) mass is 480 g/mol. The summed E-state index contributed by atoms with van der Waals surface area (Å²) in [7, 11) is 0. The smallest absolute Gasteiger partial charge is 0.305 e. The number of rotatable bonds is 0. The molecule has 0 amide bonds. The second-order valence-electron chi connectivity index (χ2n) is 10.4. The van der Waals surface area contributed by atoms with Gasteiger partial charge in [0.2, 0.25) is 0 Å².